The van der Waals surface area contributed by atoms with Gasteiger partial charge in [0.05, 0.1) is 0 Å². The zero-order valence-corrected chi connectivity index (χ0v) is 11.2. The second kappa shape index (κ2) is 8.20. The van der Waals surface area contributed by atoms with Crippen LogP contribution in [0.1, 0.15) is 40.5 Å². The van der Waals surface area contributed by atoms with Crippen LogP contribution in [0.4, 0.5) is 0 Å². The quantitative estimate of drug-likeness (QED) is 0.638. The predicted molar refractivity (Wildman–Crippen MR) is 74.0 cm³/mol. The number of allylic oxidation sites excluding steroid dienone is 4. The fourth-order valence-corrected chi connectivity index (χ4v) is 2.25. The van der Waals surface area contributed by atoms with Crippen LogP contribution in [0.3, 0.4) is 0 Å². The Morgan fingerprint density at radius 3 is 2.00 bits per heavy atom. The second-order valence-electron chi connectivity index (χ2n) is 4.56. The summed E-state index contributed by atoms with van der Waals surface area (Å²) in [6.07, 6.45) is 9.99. The molecule has 0 aromatic carbocycles. The first-order valence-corrected chi connectivity index (χ1v) is 6.33. The minimum atomic E-state index is 0.577. The van der Waals surface area contributed by atoms with Crippen molar-refractivity contribution in [1.82, 2.24) is 0 Å². The highest BCUT2D eigenvalue weighted by atomic mass is 14.5. The average molecular weight is 221 g/mol. The van der Waals surface area contributed by atoms with Crippen molar-refractivity contribution in [2.24, 2.45) is 23.5 Å². The molecular formula is C15H27N. The third kappa shape index (κ3) is 4.26. The maximum absolute atomic E-state index is 5.53. The first kappa shape index (κ1) is 15.0. The molecule has 0 aliphatic rings. The van der Waals surface area contributed by atoms with Crippen LogP contribution in [-0.2, 0) is 0 Å². The van der Waals surface area contributed by atoms with Gasteiger partial charge in [-0.3, -0.25) is 0 Å². The fourth-order valence-electron chi connectivity index (χ4n) is 2.25. The van der Waals surface area contributed by atoms with Crippen LogP contribution in [0.15, 0.2) is 36.6 Å². The molecule has 3 atom stereocenters. The average Bonchev–Trinajstić information content (AvgIpc) is 2.29. The molecule has 0 spiro atoms. The summed E-state index contributed by atoms with van der Waals surface area (Å²) in [7, 11) is 0. The maximum Gasteiger partial charge on any atom is -0.00595 e. The molecule has 0 aliphatic carbocycles. The Hall–Kier alpha value is -0.980. The lowest BCUT2D eigenvalue weighted by Gasteiger charge is -2.29. The number of rotatable bonds is 7. The number of hydrogen-bond acceptors (Lipinski definition) is 1. The van der Waals surface area contributed by atoms with Gasteiger partial charge in [0, 0.05) is 0 Å². The van der Waals surface area contributed by atoms with Gasteiger partial charge >= 0.3 is 0 Å². The molecule has 1 heteroatoms. The van der Waals surface area contributed by atoms with Crippen molar-refractivity contribution in [2.75, 3.05) is 0 Å². The van der Waals surface area contributed by atoms with Crippen molar-refractivity contribution in [3.8, 4) is 0 Å². The van der Waals surface area contributed by atoms with Crippen molar-refractivity contribution < 1.29 is 0 Å². The molecule has 0 saturated carbocycles. The third-order valence-electron chi connectivity index (χ3n) is 3.50. The van der Waals surface area contributed by atoms with Crippen LogP contribution in [0.25, 0.3) is 0 Å². The fraction of sp³-hybridized carbons (Fsp3) is 0.600. The zero-order valence-electron chi connectivity index (χ0n) is 11.2. The second-order valence-corrected chi connectivity index (χ2v) is 4.56. The van der Waals surface area contributed by atoms with Gasteiger partial charge in [0.1, 0.15) is 0 Å². The minimum Gasteiger partial charge on any atom is -0.405 e. The summed E-state index contributed by atoms with van der Waals surface area (Å²) in [5.41, 5.74) is 6.83. The Morgan fingerprint density at radius 2 is 1.69 bits per heavy atom. The molecule has 16 heavy (non-hydrogen) atoms. The van der Waals surface area contributed by atoms with Gasteiger partial charge in [0.15, 0.2) is 0 Å². The Balaban J connectivity index is 5.11. The molecule has 0 aliphatic heterocycles. The van der Waals surface area contributed by atoms with Gasteiger partial charge < -0.3 is 5.73 Å². The van der Waals surface area contributed by atoms with Crippen molar-refractivity contribution in [2.45, 2.75) is 40.5 Å². The van der Waals surface area contributed by atoms with Crippen LogP contribution in [0.2, 0.25) is 0 Å². The highest BCUT2D eigenvalue weighted by molar-refractivity contribution is 5.26. The van der Waals surface area contributed by atoms with E-state index in [1.165, 1.54) is 18.4 Å². The molecule has 0 bridgehead atoms. The molecule has 0 aromatic rings. The first-order chi connectivity index (χ1) is 7.62. The van der Waals surface area contributed by atoms with E-state index < -0.39 is 0 Å². The highest BCUT2D eigenvalue weighted by Crippen LogP contribution is 2.33. The normalized spacial score (nSPS) is 18.4. The molecule has 92 valence electrons. The Labute approximate surface area is 101 Å². The Bertz CT molecular complexity index is 240. The van der Waals surface area contributed by atoms with E-state index in [2.05, 4.69) is 40.3 Å². The van der Waals surface area contributed by atoms with Gasteiger partial charge in [-0.25, -0.2) is 0 Å². The highest BCUT2D eigenvalue weighted by Gasteiger charge is 2.23. The molecule has 0 rings (SSSR count). The Morgan fingerprint density at radius 1 is 1.19 bits per heavy atom. The lowest BCUT2D eigenvalue weighted by molar-refractivity contribution is 0.290. The molecule has 0 heterocycles. The van der Waals surface area contributed by atoms with Gasteiger partial charge in [0.25, 0.3) is 0 Å². The van der Waals surface area contributed by atoms with Crippen molar-refractivity contribution in [3.05, 3.63) is 36.6 Å². The third-order valence-corrected chi connectivity index (χ3v) is 3.50. The predicted octanol–water partition coefficient (Wildman–Crippen LogP) is 4.28. The molecule has 0 fully saturated rings. The Kier molecular flexibility index (Phi) is 7.70. The number of hydrogen-bond donors (Lipinski definition) is 1. The molecular weight excluding hydrogens is 194 g/mol. The molecule has 1 nitrogen and oxygen atoms in total. The first-order valence-electron chi connectivity index (χ1n) is 6.33. The van der Waals surface area contributed by atoms with E-state index in [0.29, 0.717) is 17.8 Å². The number of nitrogens with two attached hydrogens (primary N) is 1. The van der Waals surface area contributed by atoms with Crippen LogP contribution in [-0.4, -0.2) is 0 Å². The SMILES string of the molecule is C=C/C=C(/C=C\N)C(C(C)CC)[C@H](C)CC. The van der Waals surface area contributed by atoms with Gasteiger partial charge in [-0.1, -0.05) is 59.3 Å². The maximum atomic E-state index is 5.53. The van der Waals surface area contributed by atoms with E-state index in [-0.39, 0.29) is 0 Å². The molecule has 2 unspecified atom stereocenters. The summed E-state index contributed by atoms with van der Waals surface area (Å²) in [6.45, 7) is 12.9. The van der Waals surface area contributed by atoms with E-state index in [4.69, 9.17) is 5.73 Å². The van der Waals surface area contributed by atoms with Crippen molar-refractivity contribution in [3.63, 3.8) is 0 Å². The van der Waals surface area contributed by atoms with Gasteiger partial charge in [-0.15, -0.1) is 0 Å². The largest absolute Gasteiger partial charge is 0.405 e. The van der Waals surface area contributed by atoms with Crippen LogP contribution < -0.4 is 5.73 Å². The summed E-state index contributed by atoms with van der Waals surface area (Å²) in [4.78, 5) is 0. The van der Waals surface area contributed by atoms with E-state index >= 15 is 0 Å². The topological polar surface area (TPSA) is 26.0 Å². The van der Waals surface area contributed by atoms with Gasteiger partial charge in [0.2, 0.25) is 0 Å². The molecule has 0 aromatic heterocycles. The van der Waals surface area contributed by atoms with Crippen molar-refractivity contribution >= 4 is 0 Å². The van der Waals surface area contributed by atoms with Crippen molar-refractivity contribution in [1.29, 1.82) is 0 Å². The summed E-state index contributed by atoms with van der Waals surface area (Å²) in [6, 6.07) is 0. The van der Waals surface area contributed by atoms with E-state index in [9.17, 15) is 0 Å². The molecule has 0 saturated heterocycles. The lowest BCUT2D eigenvalue weighted by atomic mass is 9.75. The molecule has 0 radical (unpaired) electrons. The smallest absolute Gasteiger partial charge is 0.00595 e. The van der Waals surface area contributed by atoms with Crippen LogP contribution >= 0.6 is 0 Å². The van der Waals surface area contributed by atoms with E-state index in [1.807, 2.05) is 12.2 Å². The van der Waals surface area contributed by atoms with Crippen LogP contribution in [0.5, 0.6) is 0 Å². The van der Waals surface area contributed by atoms with Gasteiger partial charge in [-0.2, -0.15) is 0 Å². The summed E-state index contributed by atoms with van der Waals surface area (Å²) >= 11 is 0. The van der Waals surface area contributed by atoms with E-state index in [0.717, 1.165) is 0 Å². The minimum absolute atomic E-state index is 0.577. The standard InChI is InChI=1S/C15H27N/c1-6-9-14(10-11-16)15(12(4)7-2)13(5)8-3/h6,9-13,15H,1,7-8,16H2,2-5H3/b11-10-,14-9-/t12-,13?,15?/m1/s1. The van der Waals surface area contributed by atoms with Crippen LogP contribution in [0, 0.1) is 17.8 Å². The summed E-state index contributed by atoms with van der Waals surface area (Å²) in [5, 5.41) is 0. The summed E-state index contributed by atoms with van der Waals surface area (Å²) in [5.74, 6) is 1.93. The van der Waals surface area contributed by atoms with E-state index in [1.54, 1.807) is 6.20 Å². The lowest BCUT2D eigenvalue weighted by Crippen LogP contribution is -2.21. The monoisotopic (exact) mass is 221 g/mol. The summed E-state index contributed by atoms with van der Waals surface area (Å²) < 4.78 is 0. The molecule has 2 N–H and O–H groups in total. The zero-order chi connectivity index (χ0) is 12.6. The molecule has 0 amide bonds. The van der Waals surface area contributed by atoms with Gasteiger partial charge in [-0.05, 0) is 35.6 Å².